The summed E-state index contributed by atoms with van der Waals surface area (Å²) >= 11 is 0. The van der Waals surface area contributed by atoms with Gasteiger partial charge in [-0.3, -0.25) is 0 Å². The summed E-state index contributed by atoms with van der Waals surface area (Å²) in [6, 6.07) is 16.6. The molecule has 0 amide bonds. The Bertz CT molecular complexity index is 827. The van der Waals surface area contributed by atoms with Crippen LogP contribution >= 0.6 is 0 Å². The fourth-order valence-corrected chi connectivity index (χ4v) is 3.37. The summed E-state index contributed by atoms with van der Waals surface area (Å²) in [6.45, 7) is 6.35. The van der Waals surface area contributed by atoms with Crippen molar-refractivity contribution in [3.8, 4) is 0 Å². The van der Waals surface area contributed by atoms with Gasteiger partial charge in [-0.05, 0) is 31.9 Å². The molecule has 1 N–H and O–H groups in total. The van der Waals surface area contributed by atoms with Gasteiger partial charge in [0.25, 0.3) is 0 Å². The molecule has 0 unspecified atom stereocenters. The van der Waals surface area contributed by atoms with E-state index >= 15 is 0 Å². The lowest BCUT2D eigenvalue weighted by molar-refractivity contribution is -0.153. The first kappa shape index (κ1) is 15.9. The first-order valence-electron chi connectivity index (χ1n) is 8.57. The van der Waals surface area contributed by atoms with E-state index < -0.39 is 5.72 Å². The van der Waals surface area contributed by atoms with Crippen molar-refractivity contribution in [3.63, 3.8) is 0 Å². The Balaban J connectivity index is 1.96. The van der Waals surface area contributed by atoms with Crippen LogP contribution in [-0.2, 0) is 10.6 Å². The second kappa shape index (κ2) is 5.46. The molecule has 0 saturated carbocycles. The Morgan fingerprint density at radius 2 is 1.44 bits per heavy atom. The lowest BCUT2D eigenvalue weighted by Crippen LogP contribution is -2.46. The third kappa shape index (κ3) is 2.63. The van der Waals surface area contributed by atoms with Gasteiger partial charge in [-0.15, -0.1) is 0 Å². The minimum Gasteiger partial charge on any atom is -0.350 e. The molecule has 128 valence electrons. The number of hydrogen-bond acceptors (Lipinski definition) is 4. The quantitative estimate of drug-likeness (QED) is 0.792. The second-order valence-electron chi connectivity index (χ2n) is 7.55. The molecule has 2 aromatic carbocycles. The van der Waals surface area contributed by atoms with Crippen LogP contribution in [-0.4, -0.2) is 23.6 Å². The van der Waals surface area contributed by atoms with E-state index in [0.29, 0.717) is 0 Å². The summed E-state index contributed by atoms with van der Waals surface area (Å²) in [7, 11) is 1.90. The molecule has 2 aliphatic rings. The molecule has 0 aromatic heterocycles. The molecule has 1 heterocycles. The van der Waals surface area contributed by atoms with Crippen LogP contribution in [0, 0.1) is 0 Å². The molecule has 1 spiro atoms. The number of hydroxylamine groups is 2. The normalized spacial score (nSPS) is 17.8. The van der Waals surface area contributed by atoms with E-state index in [4.69, 9.17) is 9.83 Å². The monoisotopic (exact) mass is 333 g/mol. The zero-order chi connectivity index (χ0) is 17.7. The highest BCUT2D eigenvalue weighted by Crippen LogP contribution is 2.45. The van der Waals surface area contributed by atoms with Crippen molar-refractivity contribution in [2.75, 3.05) is 7.05 Å². The first-order chi connectivity index (χ1) is 11.9. The summed E-state index contributed by atoms with van der Waals surface area (Å²) in [6.07, 6.45) is 4.27. The molecule has 0 saturated heterocycles. The summed E-state index contributed by atoms with van der Waals surface area (Å²) in [5, 5.41) is 5.19. The molecule has 4 heteroatoms. The molecular weight excluding hydrogens is 310 g/mol. The van der Waals surface area contributed by atoms with Gasteiger partial charge in [-0.2, -0.15) is 0 Å². The Morgan fingerprint density at radius 3 is 1.96 bits per heavy atom. The largest absolute Gasteiger partial charge is 0.350 e. The van der Waals surface area contributed by atoms with E-state index in [1.165, 1.54) is 0 Å². The average Bonchev–Trinajstić information content (AvgIpc) is 2.81. The fourth-order valence-electron chi connectivity index (χ4n) is 3.37. The van der Waals surface area contributed by atoms with Crippen molar-refractivity contribution in [2.24, 2.45) is 4.99 Å². The summed E-state index contributed by atoms with van der Waals surface area (Å²) in [4.78, 5) is 11.5. The van der Waals surface area contributed by atoms with Crippen LogP contribution in [0.5, 0.6) is 0 Å². The minimum absolute atomic E-state index is 0.107. The molecule has 4 nitrogen and oxygen atoms in total. The van der Waals surface area contributed by atoms with E-state index in [1.54, 1.807) is 5.06 Å². The lowest BCUT2D eigenvalue weighted by Gasteiger charge is -2.28. The molecule has 0 radical (unpaired) electrons. The van der Waals surface area contributed by atoms with E-state index in [-0.39, 0.29) is 5.54 Å². The van der Waals surface area contributed by atoms with Crippen molar-refractivity contribution < 1.29 is 4.84 Å². The standard InChI is InChI=1S/C21H23N3O/c1-20(2,3)22-19-23-21(25-24(19)4)17-11-7-5-9-15(17)13-14-16-10-6-8-12-18(16)21/h5-14H,1-4H3,(H,22,23). The molecular formula is C21H23N3O. The highest BCUT2D eigenvalue weighted by molar-refractivity contribution is 5.84. The van der Waals surface area contributed by atoms with E-state index in [9.17, 15) is 0 Å². The predicted octanol–water partition coefficient (Wildman–Crippen LogP) is 3.99. The number of rotatable bonds is 0. The maximum atomic E-state index is 6.41. The minimum atomic E-state index is -0.876. The number of hydrogen-bond donors (Lipinski definition) is 1. The van der Waals surface area contributed by atoms with Crippen LogP contribution in [0.15, 0.2) is 53.5 Å². The predicted molar refractivity (Wildman–Crippen MR) is 102 cm³/mol. The number of nitrogens with one attached hydrogen (secondary N) is 1. The Labute approximate surface area is 148 Å². The summed E-state index contributed by atoms with van der Waals surface area (Å²) in [5.74, 6) is 0.735. The van der Waals surface area contributed by atoms with Crippen LogP contribution in [0.2, 0.25) is 0 Å². The SMILES string of the molecule is CN1OC2(N=C1NC(C)(C)C)c1ccccc1C=Cc1ccccc12. The molecule has 0 fully saturated rings. The number of fused-ring (bicyclic) bond motifs is 4. The smallest absolute Gasteiger partial charge is 0.241 e. The van der Waals surface area contributed by atoms with Crippen molar-refractivity contribution in [2.45, 2.75) is 32.0 Å². The first-order valence-corrected chi connectivity index (χ1v) is 8.57. The third-order valence-electron chi connectivity index (χ3n) is 4.41. The molecule has 1 aliphatic carbocycles. The molecule has 0 bridgehead atoms. The van der Waals surface area contributed by atoms with Gasteiger partial charge in [0, 0.05) is 23.7 Å². The van der Waals surface area contributed by atoms with Gasteiger partial charge >= 0.3 is 0 Å². The number of benzene rings is 2. The maximum Gasteiger partial charge on any atom is 0.241 e. The fraction of sp³-hybridized carbons (Fsp3) is 0.286. The van der Waals surface area contributed by atoms with Crippen LogP contribution in [0.25, 0.3) is 12.2 Å². The molecule has 1 aliphatic heterocycles. The number of aliphatic imine (C=N–C) groups is 1. The van der Waals surface area contributed by atoms with Gasteiger partial charge in [0.1, 0.15) is 0 Å². The van der Waals surface area contributed by atoms with Crippen molar-refractivity contribution in [3.05, 3.63) is 70.8 Å². The highest BCUT2D eigenvalue weighted by atomic mass is 16.7. The molecule has 2 aromatic rings. The Morgan fingerprint density at radius 1 is 0.920 bits per heavy atom. The van der Waals surface area contributed by atoms with Crippen LogP contribution in [0.3, 0.4) is 0 Å². The number of guanidine groups is 1. The van der Waals surface area contributed by atoms with Crippen molar-refractivity contribution in [1.82, 2.24) is 10.4 Å². The van der Waals surface area contributed by atoms with Gasteiger partial charge < -0.3 is 5.32 Å². The highest BCUT2D eigenvalue weighted by Gasteiger charge is 2.46. The van der Waals surface area contributed by atoms with Crippen LogP contribution in [0.1, 0.15) is 43.0 Å². The maximum absolute atomic E-state index is 6.41. The second-order valence-corrected chi connectivity index (χ2v) is 7.55. The Hall–Kier alpha value is -2.59. The van der Waals surface area contributed by atoms with E-state index in [1.807, 2.05) is 31.3 Å². The van der Waals surface area contributed by atoms with Gasteiger partial charge in [0.2, 0.25) is 11.7 Å². The number of nitrogens with zero attached hydrogens (tertiary/aromatic N) is 2. The van der Waals surface area contributed by atoms with Gasteiger partial charge in [0.05, 0.1) is 0 Å². The third-order valence-corrected chi connectivity index (χ3v) is 4.41. The van der Waals surface area contributed by atoms with Crippen LogP contribution < -0.4 is 5.32 Å². The van der Waals surface area contributed by atoms with Gasteiger partial charge in [0.15, 0.2) is 0 Å². The van der Waals surface area contributed by atoms with E-state index in [0.717, 1.165) is 28.2 Å². The topological polar surface area (TPSA) is 36.9 Å². The molecule has 0 atom stereocenters. The molecule has 25 heavy (non-hydrogen) atoms. The average molecular weight is 333 g/mol. The molecule has 4 rings (SSSR count). The lowest BCUT2D eigenvalue weighted by atomic mass is 9.91. The van der Waals surface area contributed by atoms with Crippen LogP contribution in [0.4, 0.5) is 0 Å². The van der Waals surface area contributed by atoms with E-state index in [2.05, 4.69) is 62.5 Å². The van der Waals surface area contributed by atoms with Crippen molar-refractivity contribution >= 4 is 18.1 Å². The Kier molecular flexibility index (Phi) is 3.48. The summed E-state index contributed by atoms with van der Waals surface area (Å²) in [5.41, 5.74) is 3.35. The zero-order valence-corrected chi connectivity index (χ0v) is 15.1. The summed E-state index contributed by atoms with van der Waals surface area (Å²) < 4.78 is 0. The van der Waals surface area contributed by atoms with Gasteiger partial charge in [-0.25, -0.2) is 14.9 Å². The van der Waals surface area contributed by atoms with Crippen molar-refractivity contribution in [1.29, 1.82) is 0 Å². The zero-order valence-electron chi connectivity index (χ0n) is 15.1. The van der Waals surface area contributed by atoms with Gasteiger partial charge in [-0.1, -0.05) is 60.7 Å².